The maximum absolute atomic E-state index is 12.3. The van der Waals surface area contributed by atoms with Crippen molar-refractivity contribution in [1.29, 1.82) is 0 Å². The zero-order valence-corrected chi connectivity index (χ0v) is 18.9. The molecule has 166 valence electrons. The van der Waals surface area contributed by atoms with Gasteiger partial charge in [0, 0.05) is 18.2 Å². The topological polar surface area (TPSA) is 81.4 Å². The third-order valence-electron chi connectivity index (χ3n) is 4.75. The normalized spacial score (nSPS) is 10.9. The van der Waals surface area contributed by atoms with Crippen LogP contribution >= 0.6 is 11.8 Å². The molecule has 1 amide bonds. The summed E-state index contributed by atoms with van der Waals surface area (Å²) >= 11 is 1.30. The van der Waals surface area contributed by atoms with E-state index in [0.717, 1.165) is 22.5 Å². The monoisotopic (exact) mass is 457 g/mol. The van der Waals surface area contributed by atoms with E-state index in [1.54, 1.807) is 6.21 Å². The summed E-state index contributed by atoms with van der Waals surface area (Å²) < 4.78 is 7.78. The van der Waals surface area contributed by atoms with Gasteiger partial charge >= 0.3 is 0 Å². The molecule has 33 heavy (non-hydrogen) atoms. The lowest BCUT2D eigenvalue weighted by molar-refractivity contribution is -0.118. The number of thioether (sulfide) groups is 1. The summed E-state index contributed by atoms with van der Waals surface area (Å²) in [5.41, 5.74) is 5.39. The van der Waals surface area contributed by atoms with E-state index in [1.165, 1.54) is 11.8 Å². The number of benzene rings is 3. The molecule has 0 aliphatic carbocycles. The molecule has 0 radical (unpaired) electrons. The Balaban J connectivity index is 1.30. The van der Waals surface area contributed by atoms with E-state index in [9.17, 15) is 4.79 Å². The number of amides is 1. The SMILES string of the molecule is Cn1c(SCC(=O)N/N=C/c2ccccc2OCc2ccccc2)nnc1-c1ccccc1. The lowest BCUT2D eigenvalue weighted by Gasteiger charge is -2.09. The van der Waals surface area contributed by atoms with Crippen LogP contribution in [0.15, 0.2) is 95.2 Å². The van der Waals surface area contributed by atoms with Crippen LogP contribution in [0, 0.1) is 0 Å². The molecule has 0 spiro atoms. The van der Waals surface area contributed by atoms with Gasteiger partial charge in [-0.15, -0.1) is 10.2 Å². The number of hydrogen-bond donors (Lipinski definition) is 1. The molecule has 8 heteroatoms. The van der Waals surface area contributed by atoms with Gasteiger partial charge in [0.15, 0.2) is 11.0 Å². The molecule has 0 fully saturated rings. The van der Waals surface area contributed by atoms with E-state index < -0.39 is 0 Å². The van der Waals surface area contributed by atoms with Crippen molar-refractivity contribution in [3.63, 3.8) is 0 Å². The number of nitrogens with one attached hydrogen (secondary N) is 1. The van der Waals surface area contributed by atoms with Gasteiger partial charge < -0.3 is 9.30 Å². The fourth-order valence-electron chi connectivity index (χ4n) is 3.07. The minimum atomic E-state index is -0.233. The second kappa shape index (κ2) is 11.1. The first kappa shape index (κ1) is 22.3. The minimum absolute atomic E-state index is 0.171. The Labute approximate surface area is 196 Å². The fraction of sp³-hybridized carbons (Fsp3) is 0.120. The highest BCUT2D eigenvalue weighted by molar-refractivity contribution is 7.99. The van der Waals surface area contributed by atoms with Crippen LogP contribution in [-0.4, -0.2) is 32.6 Å². The Kier molecular flexibility index (Phi) is 7.50. The Bertz CT molecular complexity index is 1230. The average Bonchev–Trinajstić information content (AvgIpc) is 3.23. The molecule has 4 aromatic rings. The number of carbonyl (C=O) groups excluding carboxylic acids is 1. The first-order valence-corrected chi connectivity index (χ1v) is 11.3. The number of aromatic nitrogens is 3. The Hall–Kier alpha value is -3.91. The number of para-hydroxylation sites is 1. The van der Waals surface area contributed by atoms with Crippen molar-refractivity contribution < 1.29 is 9.53 Å². The predicted octanol–water partition coefficient (Wildman–Crippen LogP) is 4.30. The van der Waals surface area contributed by atoms with Crippen molar-refractivity contribution in [3.8, 4) is 17.1 Å². The minimum Gasteiger partial charge on any atom is -0.488 e. The van der Waals surface area contributed by atoms with Crippen molar-refractivity contribution in [2.24, 2.45) is 12.1 Å². The van der Waals surface area contributed by atoms with E-state index >= 15 is 0 Å². The molecule has 0 atom stereocenters. The van der Waals surface area contributed by atoms with E-state index in [-0.39, 0.29) is 11.7 Å². The van der Waals surface area contributed by atoms with Gasteiger partial charge in [0.25, 0.3) is 5.91 Å². The maximum atomic E-state index is 12.3. The van der Waals surface area contributed by atoms with Gasteiger partial charge in [-0.05, 0) is 17.7 Å². The maximum Gasteiger partial charge on any atom is 0.250 e. The summed E-state index contributed by atoms with van der Waals surface area (Å²) in [6.45, 7) is 0.456. The highest BCUT2D eigenvalue weighted by Crippen LogP contribution is 2.22. The van der Waals surface area contributed by atoms with Crippen LogP contribution in [0.3, 0.4) is 0 Å². The van der Waals surface area contributed by atoms with Gasteiger partial charge in [-0.1, -0.05) is 84.6 Å². The van der Waals surface area contributed by atoms with Gasteiger partial charge in [0.1, 0.15) is 12.4 Å². The van der Waals surface area contributed by atoms with E-state index in [2.05, 4.69) is 20.7 Å². The number of nitrogens with zero attached hydrogens (tertiary/aromatic N) is 4. The third-order valence-corrected chi connectivity index (χ3v) is 5.77. The first-order valence-electron chi connectivity index (χ1n) is 10.4. The molecule has 1 aromatic heterocycles. The second-order valence-electron chi connectivity index (χ2n) is 7.13. The standard InChI is InChI=1S/C25H23N5O2S/c1-30-24(20-12-6-3-7-13-20)28-29-25(30)33-18-23(31)27-26-16-21-14-8-9-15-22(21)32-17-19-10-4-2-5-11-19/h2-16H,17-18H2,1H3,(H,27,31)/b26-16+. The molecule has 3 aromatic carbocycles. The van der Waals surface area contributed by atoms with Crippen molar-refractivity contribution in [3.05, 3.63) is 96.1 Å². The Morgan fingerprint density at radius 2 is 1.70 bits per heavy atom. The number of hydrazone groups is 1. The molecule has 0 aliphatic rings. The number of carbonyl (C=O) groups is 1. The second-order valence-corrected chi connectivity index (χ2v) is 8.07. The third kappa shape index (κ3) is 6.08. The molecule has 1 heterocycles. The summed E-state index contributed by atoms with van der Waals surface area (Å²) in [5, 5.41) is 13.2. The zero-order valence-electron chi connectivity index (χ0n) is 18.1. The van der Waals surface area contributed by atoms with Gasteiger partial charge in [0.2, 0.25) is 0 Å². The molecule has 0 saturated heterocycles. The molecule has 0 saturated carbocycles. The smallest absolute Gasteiger partial charge is 0.250 e. The molecule has 4 rings (SSSR count). The average molecular weight is 458 g/mol. The van der Waals surface area contributed by atoms with Gasteiger partial charge in [0.05, 0.1) is 12.0 Å². The van der Waals surface area contributed by atoms with Gasteiger partial charge in [-0.25, -0.2) is 5.43 Å². The predicted molar refractivity (Wildman–Crippen MR) is 130 cm³/mol. The largest absolute Gasteiger partial charge is 0.488 e. The summed E-state index contributed by atoms with van der Waals surface area (Å²) in [4.78, 5) is 12.3. The number of rotatable bonds is 9. The number of hydrogen-bond acceptors (Lipinski definition) is 6. The summed E-state index contributed by atoms with van der Waals surface area (Å²) in [5.74, 6) is 1.39. The molecular formula is C25H23N5O2S. The Morgan fingerprint density at radius 1 is 1.00 bits per heavy atom. The quantitative estimate of drug-likeness (QED) is 0.230. The zero-order chi connectivity index (χ0) is 22.9. The highest BCUT2D eigenvalue weighted by atomic mass is 32.2. The van der Waals surface area contributed by atoms with Crippen LogP contribution in [0.1, 0.15) is 11.1 Å². The van der Waals surface area contributed by atoms with Crippen LogP contribution in [0.25, 0.3) is 11.4 Å². The van der Waals surface area contributed by atoms with Crippen molar-refractivity contribution >= 4 is 23.9 Å². The highest BCUT2D eigenvalue weighted by Gasteiger charge is 2.12. The number of ether oxygens (including phenoxy) is 1. The van der Waals surface area contributed by atoms with E-state index in [0.29, 0.717) is 17.5 Å². The van der Waals surface area contributed by atoms with Crippen LogP contribution in [0.2, 0.25) is 0 Å². The van der Waals surface area contributed by atoms with Crippen LogP contribution in [0.5, 0.6) is 5.75 Å². The molecular weight excluding hydrogens is 434 g/mol. The Morgan fingerprint density at radius 3 is 2.48 bits per heavy atom. The van der Waals surface area contributed by atoms with E-state index in [1.807, 2.05) is 96.5 Å². The van der Waals surface area contributed by atoms with Gasteiger partial charge in [-0.3, -0.25) is 4.79 Å². The first-order chi connectivity index (χ1) is 16.2. The summed E-state index contributed by atoms with van der Waals surface area (Å²) in [6.07, 6.45) is 1.58. The molecule has 7 nitrogen and oxygen atoms in total. The lowest BCUT2D eigenvalue weighted by atomic mass is 10.2. The van der Waals surface area contributed by atoms with Crippen molar-refractivity contribution in [2.45, 2.75) is 11.8 Å². The van der Waals surface area contributed by atoms with Gasteiger partial charge in [-0.2, -0.15) is 5.10 Å². The van der Waals surface area contributed by atoms with E-state index in [4.69, 9.17) is 4.74 Å². The van der Waals surface area contributed by atoms with Crippen LogP contribution in [-0.2, 0) is 18.4 Å². The molecule has 0 unspecified atom stereocenters. The van der Waals surface area contributed by atoms with Crippen LogP contribution < -0.4 is 10.2 Å². The molecule has 0 aliphatic heterocycles. The lowest BCUT2D eigenvalue weighted by Crippen LogP contribution is -2.20. The fourth-order valence-corrected chi connectivity index (χ4v) is 3.77. The van der Waals surface area contributed by atoms with Crippen LogP contribution in [0.4, 0.5) is 0 Å². The summed E-state index contributed by atoms with van der Waals surface area (Å²) in [7, 11) is 1.88. The van der Waals surface area contributed by atoms with Crippen molar-refractivity contribution in [2.75, 3.05) is 5.75 Å². The summed E-state index contributed by atoms with van der Waals surface area (Å²) in [6, 6.07) is 27.3. The molecule has 0 bridgehead atoms. The van der Waals surface area contributed by atoms with Crippen molar-refractivity contribution in [1.82, 2.24) is 20.2 Å². The molecule has 1 N–H and O–H groups in total.